The lowest BCUT2D eigenvalue weighted by molar-refractivity contribution is -0.121. The monoisotopic (exact) mass is 387 g/mol. The number of hydrogen-bond acceptors (Lipinski definition) is 4. The fraction of sp³-hybridized carbons (Fsp3) is 0.211. The van der Waals surface area contributed by atoms with E-state index < -0.39 is 0 Å². The van der Waals surface area contributed by atoms with Crippen LogP contribution in [0.5, 0.6) is 0 Å². The molecule has 2 amide bonds. The predicted molar refractivity (Wildman–Crippen MR) is 106 cm³/mol. The second kappa shape index (κ2) is 8.29. The molecular formula is C19H18ClN3O2S. The number of carbonyl (C=O) groups is 2. The SMILES string of the molecule is CC(=O)Nc1nc2ccc(CCC(=O)NCc3cccc(Cl)c3)cc2s1. The highest BCUT2D eigenvalue weighted by atomic mass is 35.5. The van der Waals surface area contributed by atoms with Crippen LogP contribution in [0.4, 0.5) is 5.13 Å². The van der Waals surface area contributed by atoms with Crippen LogP contribution in [0.25, 0.3) is 10.2 Å². The van der Waals surface area contributed by atoms with E-state index in [9.17, 15) is 9.59 Å². The molecule has 0 aliphatic heterocycles. The van der Waals surface area contributed by atoms with Crippen LogP contribution >= 0.6 is 22.9 Å². The summed E-state index contributed by atoms with van der Waals surface area (Å²) < 4.78 is 0.991. The summed E-state index contributed by atoms with van der Waals surface area (Å²) in [5, 5.41) is 6.85. The molecule has 2 aromatic carbocycles. The zero-order valence-corrected chi connectivity index (χ0v) is 15.8. The number of halogens is 1. The van der Waals surface area contributed by atoms with Gasteiger partial charge < -0.3 is 10.6 Å². The summed E-state index contributed by atoms with van der Waals surface area (Å²) in [7, 11) is 0. The van der Waals surface area contributed by atoms with Crippen molar-refractivity contribution in [1.29, 1.82) is 0 Å². The second-order valence-corrected chi connectivity index (χ2v) is 7.38. The van der Waals surface area contributed by atoms with Crippen LogP contribution in [-0.2, 0) is 22.6 Å². The van der Waals surface area contributed by atoms with Crippen LogP contribution < -0.4 is 10.6 Å². The highest BCUT2D eigenvalue weighted by Crippen LogP contribution is 2.27. The van der Waals surface area contributed by atoms with E-state index in [1.165, 1.54) is 18.3 Å². The molecule has 0 spiro atoms. The molecule has 3 aromatic rings. The summed E-state index contributed by atoms with van der Waals surface area (Å²) in [5.74, 6) is -0.144. The van der Waals surface area contributed by atoms with E-state index in [0.717, 1.165) is 21.3 Å². The third kappa shape index (κ3) is 5.03. The molecular weight excluding hydrogens is 370 g/mol. The third-order valence-corrected chi connectivity index (χ3v) is 4.92. The number of nitrogens with one attached hydrogen (secondary N) is 2. The lowest BCUT2D eigenvalue weighted by atomic mass is 10.1. The minimum absolute atomic E-state index is 0.00619. The molecule has 0 aliphatic carbocycles. The van der Waals surface area contributed by atoms with Gasteiger partial charge in [0, 0.05) is 24.9 Å². The number of anilines is 1. The van der Waals surface area contributed by atoms with Gasteiger partial charge in [-0.2, -0.15) is 0 Å². The van der Waals surface area contributed by atoms with E-state index in [4.69, 9.17) is 11.6 Å². The standard InChI is InChI=1S/C19H18ClN3O2S/c1-12(24)22-19-23-16-7-5-13(10-17(16)26-19)6-8-18(25)21-11-14-3-2-4-15(20)9-14/h2-5,7,9-10H,6,8,11H2,1H3,(H,21,25)(H,22,23,24). The summed E-state index contributed by atoms with van der Waals surface area (Å²) in [6, 6.07) is 13.3. The zero-order chi connectivity index (χ0) is 18.5. The van der Waals surface area contributed by atoms with Crippen LogP contribution in [0, 0.1) is 0 Å². The van der Waals surface area contributed by atoms with Crippen molar-refractivity contribution < 1.29 is 9.59 Å². The Morgan fingerprint density at radius 1 is 1.15 bits per heavy atom. The number of nitrogens with zero attached hydrogens (tertiary/aromatic N) is 1. The molecule has 2 N–H and O–H groups in total. The topological polar surface area (TPSA) is 71.1 Å². The maximum absolute atomic E-state index is 12.1. The lowest BCUT2D eigenvalue weighted by Crippen LogP contribution is -2.22. The van der Waals surface area contributed by atoms with Gasteiger partial charge in [0.2, 0.25) is 11.8 Å². The second-order valence-electron chi connectivity index (χ2n) is 5.91. The van der Waals surface area contributed by atoms with E-state index in [0.29, 0.717) is 29.5 Å². The normalized spacial score (nSPS) is 10.7. The minimum atomic E-state index is -0.138. The summed E-state index contributed by atoms with van der Waals surface area (Å²) in [6.07, 6.45) is 1.05. The third-order valence-electron chi connectivity index (χ3n) is 3.76. The molecule has 1 aromatic heterocycles. The van der Waals surface area contributed by atoms with Gasteiger partial charge in [-0.3, -0.25) is 9.59 Å². The van der Waals surface area contributed by atoms with Gasteiger partial charge in [0.1, 0.15) is 0 Å². The van der Waals surface area contributed by atoms with Gasteiger partial charge in [0.05, 0.1) is 10.2 Å². The molecule has 0 unspecified atom stereocenters. The maximum Gasteiger partial charge on any atom is 0.223 e. The molecule has 3 rings (SSSR count). The van der Waals surface area contributed by atoms with Crippen LogP contribution in [0.15, 0.2) is 42.5 Å². The van der Waals surface area contributed by atoms with Gasteiger partial charge in [0.15, 0.2) is 5.13 Å². The quantitative estimate of drug-likeness (QED) is 0.667. The molecule has 7 heteroatoms. The number of aryl methyl sites for hydroxylation is 1. The minimum Gasteiger partial charge on any atom is -0.352 e. The predicted octanol–water partition coefficient (Wildman–Crippen LogP) is 4.16. The summed E-state index contributed by atoms with van der Waals surface area (Å²) in [5.41, 5.74) is 2.88. The van der Waals surface area contributed by atoms with Gasteiger partial charge >= 0.3 is 0 Å². The van der Waals surface area contributed by atoms with Crippen molar-refractivity contribution in [2.45, 2.75) is 26.3 Å². The average molecular weight is 388 g/mol. The zero-order valence-electron chi connectivity index (χ0n) is 14.2. The number of aromatic nitrogens is 1. The first-order valence-corrected chi connectivity index (χ1v) is 9.37. The molecule has 26 heavy (non-hydrogen) atoms. The Labute approximate surface area is 160 Å². The number of thiazole rings is 1. The number of benzene rings is 2. The Hall–Kier alpha value is -2.44. The number of hydrogen-bond donors (Lipinski definition) is 2. The number of amides is 2. The first kappa shape index (κ1) is 18.4. The van der Waals surface area contributed by atoms with Crippen molar-refractivity contribution in [2.75, 3.05) is 5.32 Å². The molecule has 0 fully saturated rings. The Morgan fingerprint density at radius 2 is 2.00 bits per heavy atom. The Balaban J connectivity index is 1.55. The van der Waals surface area contributed by atoms with Crippen molar-refractivity contribution in [3.05, 3.63) is 58.6 Å². The molecule has 0 bridgehead atoms. The molecule has 1 heterocycles. The van der Waals surface area contributed by atoms with Crippen molar-refractivity contribution >= 4 is 50.1 Å². The van der Waals surface area contributed by atoms with Gasteiger partial charge in [0.25, 0.3) is 0 Å². The largest absolute Gasteiger partial charge is 0.352 e. The molecule has 134 valence electrons. The van der Waals surface area contributed by atoms with Crippen molar-refractivity contribution in [2.24, 2.45) is 0 Å². The molecule has 0 aliphatic rings. The Morgan fingerprint density at radius 3 is 2.77 bits per heavy atom. The maximum atomic E-state index is 12.1. The molecule has 0 radical (unpaired) electrons. The Bertz CT molecular complexity index is 955. The van der Waals surface area contributed by atoms with Gasteiger partial charge in [-0.25, -0.2) is 4.98 Å². The summed E-state index contributed by atoms with van der Waals surface area (Å²) in [4.78, 5) is 27.5. The van der Waals surface area contributed by atoms with Crippen LogP contribution in [0.3, 0.4) is 0 Å². The number of rotatable bonds is 6. The van der Waals surface area contributed by atoms with E-state index in [1.54, 1.807) is 6.07 Å². The summed E-state index contributed by atoms with van der Waals surface area (Å²) >= 11 is 7.37. The molecule has 5 nitrogen and oxygen atoms in total. The van der Waals surface area contributed by atoms with Crippen LogP contribution in [0.1, 0.15) is 24.5 Å². The van der Waals surface area contributed by atoms with E-state index in [2.05, 4.69) is 15.6 Å². The fourth-order valence-electron chi connectivity index (χ4n) is 2.52. The highest BCUT2D eigenvalue weighted by Gasteiger charge is 2.07. The molecule has 0 saturated carbocycles. The first-order chi connectivity index (χ1) is 12.5. The van der Waals surface area contributed by atoms with E-state index in [1.807, 2.05) is 36.4 Å². The average Bonchev–Trinajstić information content (AvgIpc) is 2.98. The van der Waals surface area contributed by atoms with Crippen molar-refractivity contribution in [3.8, 4) is 0 Å². The number of carbonyl (C=O) groups excluding carboxylic acids is 2. The van der Waals surface area contributed by atoms with E-state index >= 15 is 0 Å². The lowest BCUT2D eigenvalue weighted by Gasteiger charge is -2.06. The van der Waals surface area contributed by atoms with Gasteiger partial charge in [-0.15, -0.1) is 0 Å². The van der Waals surface area contributed by atoms with Gasteiger partial charge in [-0.05, 0) is 41.8 Å². The summed E-state index contributed by atoms with van der Waals surface area (Å²) in [6.45, 7) is 1.92. The number of fused-ring (bicyclic) bond motifs is 1. The molecule has 0 atom stereocenters. The van der Waals surface area contributed by atoms with Crippen molar-refractivity contribution in [3.63, 3.8) is 0 Å². The van der Waals surface area contributed by atoms with E-state index in [-0.39, 0.29) is 11.8 Å². The Kier molecular flexibility index (Phi) is 5.85. The fourth-order valence-corrected chi connectivity index (χ4v) is 3.71. The van der Waals surface area contributed by atoms with Gasteiger partial charge in [-0.1, -0.05) is 41.1 Å². The molecule has 0 saturated heterocycles. The smallest absolute Gasteiger partial charge is 0.223 e. The van der Waals surface area contributed by atoms with Crippen molar-refractivity contribution in [1.82, 2.24) is 10.3 Å². The van der Waals surface area contributed by atoms with Crippen LogP contribution in [-0.4, -0.2) is 16.8 Å². The first-order valence-electron chi connectivity index (χ1n) is 8.18. The van der Waals surface area contributed by atoms with Crippen LogP contribution in [0.2, 0.25) is 5.02 Å². The highest BCUT2D eigenvalue weighted by molar-refractivity contribution is 7.22.